The van der Waals surface area contributed by atoms with Gasteiger partial charge in [-0.2, -0.15) is 4.98 Å². The lowest BCUT2D eigenvalue weighted by Crippen LogP contribution is -2.29. The summed E-state index contributed by atoms with van der Waals surface area (Å²) in [6.07, 6.45) is 3.00. The molecule has 2 aromatic heterocycles. The Morgan fingerprint density at radius 2 is 1.91 bits per heavy atom. The topological polar surface area (TPSA) is 127 Å². The Hall–Kier alpha value is -4.32. The molecule has 0 spiro atoms. The summed E-state index contributed by atoms with van der Waals surface area (Å²) in [5.41, 5.74) is 2.42. The fourth-order valence-electron chi connectivity index (χ4n) is 3.45. The van der Waals surface area contributed by atoms with Crippen LogP contribution in [0.15, 0.2) is 49.1 Å². The van der Waals surface area contributed by atoms with Gasteiger partial charge in [-0.05, 0) is 26.2 Å². The standard InChI is InChI=1S/C22H25N9O3/c1-28(2)9-10-29(3)18-12-20(34-4)16(11-19(18)31(32)33)26-21-23-13-24-22(27-21)30-14-25-15-7-5-6-8-17(15)30/h5-8,11-14H,9-10H2,1-4H3,(H,23,24,26,27). The summed E-state index contributed by atoms with van der Waals surface area (Å²) in [6, 6.07) is 10.7. The first kappa shape index (κ1) is 22.9. The second-order valence-electron chi connectivity index (χ2n) is 7.86. The molecule has 0 aliphatic carbocycles. The number of hydrogen-bond donors (Lipinski definition) is 1. The van der Waals surface area contributed by atoms with Crippen molar-refractivity contribution >= 4 is 34.0 Å². The molecule has 12 heteroatoms. The smallest absolute Gasteiger partial charge is 0.294 e. The third kappa shape index (κ3) is 4.71. The number of aromatic nitrogens is 5. The zero-order valence-electron chi connectivity index (χ0n) is 19.3. The zero-order valence-corrected chi connectivity index (χ0v) is 19.3. The molecule has 0 unspecified atom stereocenters. The molecule has 0 atom stereocenters. The second kappa shape index (κ2) is 9.67. The van der Waals surface area contributed by atoms with Crippen molar-refractivity contribution in [2.24, 2.45) is 0 Å². The third-order valence-electron chi connectivity index (χ3n) is 5.26. The van der Waals surface area contributed by atoms with Crippen molar-refractivity contribution in [3.8, 4) is 11.7 Å². The van der Waals surface area contributed by atoms with Gasteiger partial charge in [-0.25, -0.2) is 15.0 Å². The molecule has 12 nitrogen and oxygen atoms in total. The lowest BCUT2D eigenvalue weighted by Gasteiger charge is -2.22. The molecule has 4 rings (SSSR count). The van der Waals surface area contributed by atoms with E-state index in [4.69, 9.17) is 4.74 Å². The van der Waals surface area contributed by atoms with Crippen molar-refractivity contribution in [1.29, 1.82) is 0 Å². The van der Waals surface area contributed by atoms with Gasteiger partial charge in [-0.1, -0.05) is 12.1 Å². The van der Waals surface area contributed by atoms with Gasteiger partial charge in [0.1, 0.15) is 24.1 Å². The van der Waals surface area contributed by atoms with Crippen LogP contribution < -0.4 is 15.0 Å². The van der Waals surface area contributed by atoms with Crippen LogP contribution in [0.1, 0.15) is 0 Å². The van der Waals surface area contributed by atoms with Gasteiger partial charge in [0.2, 0.25) is 11.9 Å². The molecule has 2 aromatic carbocycles. The lowest BCUT2D eigenvalue weighted by atomic mass is 10.2. The molecule has 1 N–H and O–H groups in total. The number of para-hydroxylation sites is 2. The molecule has 0 radical (unpaired) electrons. The van der Waals surface area contributed by atoms with Crippen LogP contribution in [0.4, 0.5) is 23.0 Å². The van der Waals surface area contributed by atoms with Crippen molar-refractivity contribution in [2.45, 2.75) is 0 Å². The fourth-order valence-corrected chi connectivity index (χ4v) is 3.45. The Bertz CT molecular complexity index is 1320. The normalized spacial score (nSPS) is 11.1. The summed E-state index contributed by atoms with van der Waals surface area (Å²) in [6.45, 7) is 1.35. The number of fused-ring (bicyclic) bond motifs is 1. The number of nitro groups is 1. The fraction of sp³-hybridized carbons (Fsp3) is 0.273. The predicted molar refractivity (Wildman–Crippen MR) is 129 cm³/mol. The minimum Gasteiger partial charge on any atom is -0.494 e. The molecule has 2 heterocycles. The molecule has 0 amide bonds. The van der Waals surface area contributed by atoms with Crippen LogP contribution in [-0.2, 0) is 0 Å². The van der Waals surface area contributed by atoms with E-state index >= 15 is 0 Å². The van der Waals surface area contributed by atoms with E-state index in [1.54, 1.807) is 17.0 Å². The number of nitrogens with one attached hydrogen (secondary N) is 1. The van der Waals surface area contributed by atoms with E-state index in [-0.39, 0.29) is 11.6 Å². The number of likely N-dealkylation sites (N-methyl/N-ethyl adjacent to an activating group) is 2. The molecule has 4 aromatic rings. The van der Waals surface area contributed by atoms with Gasteiger partial charge in [-0.15, -0.1) is 0 Å². The number of nitro benzene ring substituents is 1. The van der Waals surface area contributed by atoms with Gasteiger partial charge in [0.15, 0.2) is 0 Å². The number of methoxy groups -OCH3 is 1. The molecule has 34 heavy (non-hydrogen) atoms. The number of imidazole rings is 1. The molecule has 176 valence electrons. The summed E-state index contributed by atoms with van der Waals surface area (Å²) < 4.78 is 7.26. The van der Waals surface area contributed by atoms with Crippen molar-refractivity contribution < 1.29 is 9.66 Å². The highest BCUT2D eigenvalue weighted by Gasteiger charge is 2.22. The Morgan fingerprint density at radius 3 is 2.65 bits per heavy atom. The minimum absolute atomic E-state index is 0.0561. The Kier molecular flexibility index (Phi) is 6.50. The first-order chi connectivity index (χ1) is 16.4. The number of benzene rings is 2. The Labute approximate surface area is 196 Å². The van der Waals surface area contributed by atoms with Crippen molar-refractivity contribution in [3.63, 3.8) is 0 Å². The van der Waals surface area contributed by atoms with Crippen LogP contribution >= 0.6 is 0 Å². The SMILES string of the molecule is COc1cc(N(C)CCN(C)C)c([N+](=O)[O-])cc1Nc1ncnc(-n2cnc3ccccc32)n1. The summed E-state index contributed by atoms with van der Waals surface area (Å²) in [4.78, 5) is 32.5. The third-order valence-corrected chi connectivity index (χ3v) is 5.26. The van der Waals surface area contributed by atoms with Crippen LogP contribution in [0.2, 0.25) is 0 Å². The monoisotopic (exact) mass is 463 g/mol. The Balaban J connectivity index is 1.68. The van der Waals surface area contributed by atoms with Gasteiger partial charge in [0.05, 0.1) is 28.8 Å². The number of ether oxygens (including phenoxy) is 1. The van der Waals surface area contributed by atoms with E-state index in [0.717, 1.165) is 17.6 Å². The van der Waals surface area contributed by atoms with E-state index in [1.165, 1.54) is 19.5 Å². The molecule has 0 fully saturated rings. The van der Waals surface area contributed by atoms with Crippen LogP contribution in [-0.4, -0.2) is 75.7 Å². The first-order valence-corrected chi connectivity index (χ1v) is 10.5. The largest absolute Gasteiger partial charge is 0.494 e. The highest BCUT2D eigenvalue weighted by atomic mass is 16.6. The van der Waals surface area contributed by atoms with E-state index in [9.17, 15) is 10.1 Å². The number of anilines is 3. The average Bonchev–Trinajstić information content (AvgIpc) is 3.26. The maximum atomic E-state index is 11.9. The number of nitrogens with zero attached hydrogens (tertiary/aromatic N) is 8. The summed E-state index contributed by atoms with van der Waals surface area (Å²) in [7, 11) is 7.22. The van der Waals surface area contributed by atoms with Crippen molar-refractivity contribution in [3.05, 3.63) is 59.2 Å². The van der Waals surface area contributed by atoms with Crippen LogP contribution in [0.25, 0.3) is 17.0 Å². The highest BCUT2D eigenvalue weighted by Crippen LogP contribution is 2.38. The van der Waals surface area contributed by atoms with Crippen LogP contribution in [0, 0.1) is 10.1 Å². The van der Waals surface area contributed by atoms with E-state index in [2.05, 4.69) is 25.3 Å². The maximum Gasteiger partial charge on any atom is 0.294 e. The van der Waals surface area contributed by atoms with Gasteiger partial charge < -0.3 is 19.9 Å². The van der Waals surface area contributed by atoms with Crippen molar-refractivity contribution in [1.82, 2.24) is 29.4 Å². The minimum atomic E-state index is -0.414. The maximum absolute atomic E-state index is 11.9. The van der Waals surface area contributed by atoms with Crippen molar-refractivity contribution in [2.75, 3.05) is 51.6 Å². The summed E-state index contributed by atoms with van der Waals surface area (Å²) in [5.74, 6) is 0.996. The molecule has 0 saturated heterocycles. The van der Waals surface area contributed by atoms with Crippen LogP contribution in [0.5, 0.6) is 5.75 Å². The lowest BCUT2D eigenvalue weighted by molar-refractivity contribution is -0.384. The number of hydrogen-bond acceptors (Lipinski definition) is 10. The number of rotatable bonds is 9. The van der Waals surface area contributed by atoms with E-state index in [1.807, 2.05) is 55.2 Å². The highest BCUT2D eigenvalue weighted by molar-refractivity contribution is 5.78. The average molecular weight is 464 g/mol. The Morgan fingerprint density at radius 1 is 1.12 bits per heavy atom. The molecular formula is C22H25N9O3. The van der Waals surface area contributed by atoms with Gasteiger partial charge in [-0.3, -0.25) is 14.7 Å². The molecule has 0 aliphatic rings. The molecule has 0 saturated carbocycles. The van der Waals surface area contributed by atoms with E-state index < -0.39 is 4.92 Å². The quantitative estimate of drug-likeness (QED) is 0.292. The van der Waals surface area contributed by atoms with Gasteiger partial charge in [0.25, 0.3) is 5.69 Å². The summed E-state index contributed by atoms with van der Waals surface area (Å²) >= 11 is 0. The van der Waals surface area contributed by atoms with Gasteiger partial charge in [0, 0.05) is 32.3 Å². The summed E-state index contributed by atoms with van der Waals surface area (Å²) in [5, 5.41) is 14.9. The molecule has 0 bridgehead atoms. The first-order valence-electron chi connectivity index (χ1n) is 10.5. The molecular weight excluding hydrogens is 438 g/mol. The van der Waals surface area contributed by atoms with Crippen LogP contribution in [0.3, 0.4) is 0 Å². The van der Waals surface area contributed by atoms with Gasteiger partial charge >= 0.3 is 0 Å². The molecule has 0 aliphatic heterocycles. The zero-order chi connectivity index (χ0) is 24.2. The second-order valence-corrected chi connectivity index (χ2v) is 7.86. The van der Waals surface area contributed by atoms with E-state index in [0.29, 0.717) is 29.6 Å². The predicted octanol–water partition coefficient (Wildman–Crippen LogP) is 2.87.